The Morgan fingerprint density at radius 1 is 1.14 bits per heavy atom. The minimum atomic E-state index is -0.202. The Balaban J connectivity index is 1.54. The highest BCUT2D eigenvalue weighted by molar-refractivity contribution is 5.80. The quantitative estimate of drug-likeness (QED) is 0.673. The topological polar surface area (TPSA) is 74.2 Å². The summed E-state index contributed by atoms with van der Waals surface area (Å²) in [6.07, 6.45) is 7.23. The van der Waals surface area contributed by atoms with Crippen LogP contribution in [0, 0.1) is 6.92 Å². The second-order valence-electron chi connectivity index (χ2n) is 7.59. The second-order valence-corrected chi connectivity index (χ2v) is 7.59. The zero-order valence-electron chi connectivity index (χ0n) is 16.8. The average Bonchev–Trinajstić information content (AvgIpc) is 2.75. The van der Waals surface area contributed by atoms with E-state index in [2.05, 4.69) is 51.4 Å². The van der Waals surface area contributed by atoms with Crippen LogP contribution < -0.4 is 5.32 Å². The number of nitrogens with zero attached hydrogens (tertiary/aromatic N) is 4. The summed E-state index contributed by atoms with van der Waals surface area (Å²) < 4.78 is 0. The number of aryl methyl sites for hydroxylation is 1. The molecule has 1 aromatic carbocycles. The fraction of sp³-hybridized carbons (Fsp3) is 0.348. The average molecular weight is 390 g/mol. The summed E-state index contributed by atoms with van der Waals surface area (Å²) in [6.45, 7) is 5.47. The number of anilines is 1. The molecule has 3 aromatic rings. The van der Waals surface area contributed by atoms with Crippen molar-refractivity contribution in [3.63, 3.8) is 0 Å². The molecule has 0 radical (unpaired) electrons. The molecule has 1 aliphatic rings. The van der Waals surface area contributed by atoms with Gasteiger partial charge in [-0.2, -0.15) is 0 Å². The van der Waals surface area contributed by atoms with Crippen molar-refractivity contribution in [3.05, 3.63) is 60.6 Å². The van der Waals surface area contributed by atoms with Crippen molar-refractivity contribution in [3.8, 4) is 22.4 Å². The minimum absolute atomic E-state index is 0.202. The third kappa shape index (κ3) is 4.96. The van der Waals surface area contributed by atoms with Crippen molar-refractivity contribution >= 4 is 5.95 Å². The molecule has 0 saturated carbocycles. The largest absolute Gasteiger partial charge is 0.392 e. The third-order valence-electron chi connectivity index (χ3n) is 5.28. The Bertz CT molecular complexity index is 930. The second kappa shape index (κ2) is 9.11. The van der Waals surface area contributed by atoms with Gasteiger partial charge in [0.1, 0.15) is 0 Å². The Kier molecular flexibility index (Phi) is 6.12. The van der Waals surface area contributed by atoms with E-state index in [4.69, 9.17) is 4.98 Å². The van der Waals surface area contributed by atoms with Gasteiger partial charge in [0.15, 0.2) is 0 Å². The Labute approximate surface area is 171 Å². The molecule has 150 valence electrons. The minimum Gasteiger partial charge on any atom is -0.392 e. The van der Waals surface area contributed by atoms with Crippen LogP contribution >= 0.6 is 0 Å². The van der Waals surface area contributed by atoms with E-state index in [-0.39, 0.29) is 6.10 Å². The molecular formula is C23H27N5O. The van der Waals surface area contributed by atoms with E-state index in [0.29, 0.717) is 5.95 Å². The van der Waals surface area contributed by atoms with E-state index < -0.39 is 0 Å². The first kappa shape index (κ1) is 19.5. The molecule has 1 atom stereocenters. The maximum atomic E-state index is 9.82. The van der Waals surface area contributed by atoms with Gasteiger partial charge in [0.05, 0.1) is 11.8 Å². The van der Waals surface area contributed by atoms with E-state index in [1.165, 1.54) is 5.56 Å². The number of benzene rings is 1. The number of aliphatic hydroxyl groups is 1. The molecule has 1 fully saturated rings. The lowest BCUT2D eigenvalue weighted by atomic mass is 10.0. The van der Waals surface area contributed by atoms with Crippen molar-refractivity contribution in [2.45, 2.75) is 25.9 Å². The molecule has 0 spiro atoms. The van der Waals surface area contributed by atoms with Gasteiger partial charge in [-0.15, -0.1) is 0 Å². The third-order valence-corrected chi connectivity index (χ3v) is 5.28. The van der Waals surface area contributed by atoms with Gasteiger partial charge in [-0.3, -0.25) is 9.88 Å². The highest BCUT2D eigenvalue weighted by atomic mass is 16.3. The summed E-state index contributed by atoms with van der Waals surface area (Å²) in [6, 6.07) is 12.3. The van der Waals surface area contributed by atoms with Gasteiger partial charge in [0.25, 0.3) is 0 Å². The molecule has 0 aliphatic carbocycles. The molecule has 4 rings (SSSR count). The molecule has 1 saturated heterocycles. The maximum absolute atomic E-state index is 9.82. The summed E-state index contributed by atoms with van der Waals surface area (Å²) in [4.78, 5) is 15.9. The number of rotatable bonds is 6. The number of hydrogen-bond donors (Lipinski definition) is 2. The molecule has 0 bridgehead atoms. The van der Waals surface area contributed by atoms with Gasteiger partial charge in [-0.1, -0.05) is 35.9 Å². The first-order chi connectivity index (χ1) is 14.2. The molecule has 1 unspecified atom stereocenters. The Morgan fingerprint density at radius 3 is 2.76 bits per heavy atom. The van der Waals surface area contributed by atoms with Crippen LogP contribution in [0.1, 0.15) is 18.4 Å². The maximum Gasteiger partial charge on any atom is 0.223 e. The van der Waals surface area contributed by atoms with Gasteiger partial charge >= 0.3 is 0 Å². The van der Waals surface area contributed by atoms with Gasteiger partial charge in [0.2, 0.25) is 5.95 Å². The number of aliphatic hydroxyl groups excluding tert-OH is 1. The number of β-amino-alcohol motifs (C(OH)–C–C–N with tert-alkyl or cyclic N) is 1. The standard InChI is InChI=1S/C23H27N5O/c1-17-6-8-18(9-7-17)22-21(19-4-2-10-24-14-19)15-26-23(27-22)25-11-13-28-12-3-5-20(29)16-28/h2,4,6-10,14-15,20,29H,3,5,11-13,16H2,1H3,(H,25,26,27). The van der Waals surface area contributed by atoms with Crippen molar-refractivity contribution < 1.29 is 5.11 Å². The fourth-order valence-corrected chi connectivity index (χ4v) is 3.69. The predicted molar refractivity (Wildman–Crippen MR) is 116 cm³/mol. The Morgan fingerprint density at radius 2 is 2.00 bits per heavy atom. The molecule has 3 heterocycles. The summed E-state index contributed by atoms with van der Waals surface area (Å²) in [5.41, 5.74) is 5.12. The molecule has 29 heavy (non-hydrogen) atoms. The molecule has 2 aromatic heterocycles. The number of aromatic nitrogens is 3. The fourth-order valence-electron chi connectivity index (χ4n) is 3.69. The number of likely N-dealkylation sites (tertiary alicyclic amines) is 1. The number of nitrogens with one attached hydrogen (secondary N) is 1. The monoisotopic (exact) mass is 389 g/mol. The lowest BCUT2D eigenvalue weighted by Crippen LogP contribution is -2.40. The number of piperidine rings is 1. The summed E-state index contributed by atoms with van der Waals surface area (Å²) in [5.74, 6) is 0.616. The van der Waals surface area contributed by atoms with Crippen molar-refractivity contribution in [2.24, 2.45) is 0 Å². The van der Waals surface area contributed by atoms with Crippen molar-refractivity contribution in [1.82, 2.24) is 19.9 Å². The van der Waals surface area contributed by atoms with Crippen molar-refractivity contribution in [1.29, 1.82) is 0 Å². The smallest absolute Gasteiger partial charge is 0.223 e. The van der Waals surface area contributed by atoms with Crippen LogP contribution in [0.15, 0.2) is 55.0 Å². The van der Waals surface area contributed by atoms with Crippen LogP contribution in [-0.2, 0) is 0 Å². The molecule has 6 heteroatoms. The summed E-state index contributed by atoms with van der Waals surface area (Å²) in [7, 11) is 0. The SMILES string of the molecule is Cc1ccc(-c2nc(NCCN3CCCC(O)C3)ncc2-c2cccnc2)cc1. The normalized spacial score (nSPS) is 17.2. The van der Waals surface area contributed by atoms with E-state index in [9.17, 15) is 5.11 Å². The van der Waals surface area contributed by atoms with E-state index in [1.807, 2.05) is 24.5 Å². The molecule has 1 aliphatic heterocycles. The molecular weight excluding hydrogens is 362 g/mol. The predicted octanol–water partition coefficient (Wildman–Crippen LogP) is 3.38. The zero-order chi connectivity index (χ0) is 20.1. The van der Waals surface area contributed by atoms with Crippen LogP contribution in [0.5, 0.6) is 0 Å². The van der Waals surface area contributed by atoms with Gasteiger partial charge in [-0.25, -0.2) is 9.97 Å². The van der Waals surface area contributed by atoms with Crippen molar-refractivity contribution in [2.75, 3.05) is 31.5 Å². The number of pyridine rings is 1. The highest BCUT2D eigenvalue weighted by Gasteiger charge is 2.17. The Hall–Kier alpha value is -2.83. The first-order valence-electron chi connectivity index (χ1n) is 10.2. The summed E-state index contributed by atoms with van der Waals surface area (Å²) in [5, 5.41) is 13.2. The van der Waals surface area contributed by atoms with Crippen LogP contribution in [-0.4, -0.2) is 57.2 Å². The highest BCUT2D eigenvalue weighted by Crippen LogP contribution is 2.30. The van der Waals surface area contributed by atoms with Crippen LogP contribution in [0.2, 0.25) is 0 Å². The van der Waals surface area contributed by atoms with Crippen LogP contribution in [0.25, 0.3) is 22.4 Å². The lowest BCUT2D eigenvalue weighted by Gasteiger charge is -2.29. The molecule has 0 amide bonds. The van der Waals surface area contributed by atoms with Crippen LogP contribution in [0.3, 0.4) is 0 Å². The summed E-state index contributed by atoms with van der Waals surface area (Å²) >= 11 is 0. The zero-order valence-corrected chi connectivity index (χ0v) is 16.8. The molecule has 6 nitrogen and oxygen atoms in total. The number of hydrogen-bond acceptors (Lipinski definition) is 6. The van der Waals surface area contributed by atoms with E-state index in [0.717, 1.165) is 61.4 Å². The van der Waals surface area contributed by atoms with E-state index >= 15 is 0 Å². The van der Waals surface area contributed by atoms with Crippen LogP contribution in [0.4, 0.5) is 5.95 Å². The molecule has 2 N–H and O–H groups in total. The van der Waals surface area contributed by atoms with Gasteiger partial charge in [-0.05, 0) is 32.4 Å². The van der Waals surface area contributed by atoms with Gasteiger partial charge in [0, 0.05) is 54.9 Å². The first-order valence-corrected chi connectivity index (χ1v) is 10.2. The van der Waals surface area contributed by atoms with E-state index in [1.54, 1.807) is 6.20 Å². The van der Waals surface area contributed by atoms with Gasteiger partial charge < -0.3 is 10.4 Å². The lowest BCUT2D eigenvalue weighted by molar-refractivity contribution is 0.0730.